The van der Waals surface area contributed by atoms with E-state index in [1.165, 1.54) is 0 Å². The predicted octanol–water partition coefficient (Wildman–Crippen LogP) is 1.51. The molecule has 8 nitrogen and oxygen atoms in total. The summed E-state index contributed by atoms with van der Waals surface area (Å²) in [5.74, 6) is 0.376. The second kappa shape index (κ2) is 7.09. The van der Waals surface area contributed by atoms with E-state index in [4.69, 9.17) is 0 Å². The highest BCUT2D eigenvalue weighted by Gasteiger charge is 2.44. The number of carbonyl (C=O) groups is 2. The number of aromatic amines is 1. The third-order valence-corrected chi connectivity index (χ3v) is 7.18. The number of aromatic nitrogens is 3. The van der Waals surface area contributed by atoms with Gasteiger partial charge in [0, 0.05) is 44.2 Å². The van der Waals surface area contributed by atoms with Crippen molar-refractivity contribution in [1.29, 1.82) is 0 Å². The number of hydrogen-bond donors (Lipinski definition) is 1. The predicted molar refractivity (Wildman–Crippen MR) is 108 cm³/mol. The lowest BCUT2D eigenvalue weighted by Crippen LogP contribution is -2.55. The highest BCUT2D eigenvalue weighted by molar-refractivity contribution is 5.97. The second-order valence-electron chi connectivity index (χ2n) is 9.05. The standard InChI is InChI=1S/C21H28N6O2/c1-25-9-5-16(13-25)27-14-21(6-4-19(27)28)7-10-26(11-8-21)20(29)15-2-3-17-18(12-15)23-24-22-17/h2-3,12,16H,4-11,13-14H2,1H3,(H,22,23,24)/t16-/m1/s1. The van der Waals surface area contributed by atoms with Crippen LogP contribution in [0.3, 0.4) is 0 Å². The van der Waals surface area contributed by atoms with Crippen LogP contribution < -0.4 is 0 Å². The molecule has 2 aromatic rings. The molecule has 3 aliphatic heterocycles. The minimum Gasteiger partial charge on any atom is -0.339 e. The van der Waals surface area contributed by atoms with E-state index in [1.54, 1.807) is 0 Å². The molecule has 3 saturated heterocycles. The number of fused-ring (bicyclic) bond motifs is 1. The van der Waals surface area contributed by atoms with E-state index in [9.17, 15) is 9.59 Å². The van der Waals surface area contributed by atoms with Crippen LogP contribution in [0.2, 0.25) is 0 Å². The smallest absolute Gasteiger partial charge is 0.253 e. The second-order valence-corrected chi connectivity index (χ2v) is 9.05. The van der Waals surface area contributed by atoms with Crippen LogP contribution in [0.4, 0.5) is 0 Å². The van der Waals surface area contributed by atoms with Crippen molar-refractivity contribution >= 4 is 22.8 Å². The fraction of sp³-hybridized carbons (Fsp3) is 0.619. The Labute approximate surface area is 170 Å². The fourth-order valence-electron chi connectivity index (χ4n) is 5.29. The first kappa shape index (κ1) is 18.5. The van der Waals surface area contributed by atoms with Crippen molar-refractivity contribution in [3.63, 3.8) is 0 Å². The molecular formula is C21H28N6O2. The van der Waals surface area contributed by atoms with Crippen LogP contribution in [0.25, 0.3) is 11.0 Å². The summed E-state index contributed by atoms with van der Waals surface area (Å²) in [7, 11) is 2.13. The molecular weight excluding hydrogens is 368 g/mol. The largest absolute Gasteiger partial charge is 0.339 e. The number of rotatable bonds is 2. The summed E-state index contributed by atoms with van der Waals surface area (Å²) in [5.41, 5.74) is 2.31. The van der Waals surface area contributed by atoms with E-state index in [1.807, 2.05) is 23.1 Å². The average molecular weight is 396 g/mol. The van der Waals surface area contributed by atoms with Crippen LogP contribution in [-0.4, -0.2) is 87.7 Å². The van der Waals surface area contributed by atoms with Crippen LogP contribution in [0.1, 0.15) is 42.5 Å². The first-order valence-electron chi connectivity index (χ1n) is 10.6. The minimum absolute atomic E-state index is 0.0610. The Morgan fingerprint density at radius 1 is 1.14 bits per heavy atom. The molecule has 0 aliphatic carbocycles. The Morgan fingerprint density at radius 3 is 2.69 bits per heavy atom. The monoisotopic (exact) mass is 396 g/mol. The van der Waals surface area contributed by atoms with Crippen molar-refractivity contribution in [2.45, 2.75) is 38.1 Å². The number of hydrogen-bond acceptors (Lipinski definition) is 5. The van der Waals surface area contributed by atoms with E-state index in [2.05, 4.69) is 32.3 Å². The van der Waals surface area contributed by atoms with Gasteiger partial charge in [-0.05, 0) is 62.9 Å². The van der Waals surface area contributed by atoms with Gasteiger partial charge < -0.3 is 14.7 Å². The van der Waals surface area contributed by atoms with Crippen molar-refractivity contribution in [2.75, 3.05) is 39.8 Å². The van der Waals surface area contributed by atoms with Gasteiger partial charge in [-0.25, -0.2) is 0 Å². The fourth-order valence-corrected chi connectivity index (χ4v) is 5.29. The van der Waals surface area contributed by atoms with Gasteiger partial charge in [0.15, 0.2) is 0 Å². The lowest BCUT2D eigenvalue weighted by molar-refractivity contribution is -0.141. The average Bonchev–Trinajstić information content (AvgIpc) is 3.38. The third-order valence-electron chi connectivity index (χ3n) is 7.18. The van der Waals surface area contributed by atoms with Crippen molar-refractivity contribution in [3.05, 3.63) is 23.8 Å². The molecule has 0 saturated carbocycles. The Morgan fingerprint density at radius 2 is 1.93 bits per heavy atom. The zero-order valence-corrected chi connectivity index (χ0v) is 16.9. The number of H-pyrrole nitrogens is 1. The molecule has 2 amide bonds. The van der Waals surface area contributed by atoms with Gasteiger partial charge >= 0.3 is 0 Å². The topological polar surface area (TPSA) is 85.4 Å². The van der Waals surface area contributed by atoms with Crippen molar-refractivity contribution in [3.8, 4) is 0 Å². The molecule has 4 heterocycles. The van der Waals surface area contributed by atoms with Gasteiger partial charge in [-0.3, -0.25) is 9.59 Å². The van der Waals surface area contributed by atoms with Gasteiger partial charge in [0.25, 0.3) is 5.91 Å². The van der Waals surface area contributed by atoms with E-state index in [0.29, 0.717) is 29.4 Å². The van der Waals surface area contributed by atoms with Crippen LogP contribution >= 0.6 is 0 Å². The van der Waals surface area contributed by atoms with E-state index in [0.717, 1.165) is 63.9 Å². The molecule has 0 radical (unpaired) electrons. The summed E-state index contributed by atoms with van der Waals surface area (Å²) in [4.78, 5) is 32.0. The number of amides is 2. The molecule has 1 aromatic heterocycles. The zero-order chi connectivity index (χ0) is 20.0. The summed E-state index contributed by atoms with van der Waals surface area (Å²) >= 11 is 0. The van der Waals surface area contributed by atoms with E-state index >= 15 is 0 Å². The number of nitrogens with zero attached hydrogens (tertiary/aromatic N) is 5. The van der Waals surface area contributed by atoms with Crippen molar-refractivity contribution in [2.24, 2.45) is 5.41 Å². The molecule has 0 bridgehead atoms. The summed E-state index contributed by atoms with van der Waals surface area (Å²) in [5, 5.41) is 10.7. The number of likely N-dealkylation sites (N-methyl/N-ethyl adjacent to an activating group) is 1. The Hall–Kier alpha value is -2.48. The summed E-state index contributed by atoms with van der Waals surface area (Å²) in [6, 6.07) is 5.83. The number of benzene rings is 1. The first-order chi connectivity index (χ1) is 14.0. The van der Waals surface area contributed by atoms with Crippen LogP contribution in [0, 0.1) is 5.41 Å². The van der Waals surface area contributed by atoms with Gasteiger partial charge in [-0.1, -0.05) is 0 Å². The number of piperidine rings is 2. The number of carbonyl (C=O) groups excluding carboxylic acids is 2. The molecule has 1 spiro atoms. The molecule has 1 N–H and O–H groups in total. The number of likely N-dealkylation sites (tertiary alicyclic amines) is 3. The van der Waals surface area contributed by atoms with Crippen molar-refractivity contribution in [1.82, 2.24) is 30.1 Å². The zero-order valence-electron chi connectivity index (χ0n) is 16.9. The molecule has 3 fully saturated rings. The molecule has 3 aliphatic rings. The summed E-state index contributed by atoms with van der Waals surface area (Å²) < 4.78 is 0. The number of nitrogens with one attached hydrogen (secondary N) is 1. The van der Waals surface area contributed by atoms with Gasteiger partial charge in [0.2, 0.25) is 5.91 Å². The maximum atomic E-state index is 13.0. The molecule has 0 unspecified atom stereocenters. The SMILES string of the molecule is CN1CC[C@@H](N2CC3(CCC2=O)CCN(C(=O)c2ccc4n[nH]nc4c2)CC3)C1. The quantitative estimate of drug-likeness (QED) is 0.832. The molecule has 5 rings (SSSR count). The molecule has 29 heavy (non-hydrogen) atoms. The van der Waals surface area contributed by atoms with Crippen LogP contribution in [-0.2, 0) is 4.79 Å². The van der Waals surface area contributed by atoms with Crippen LogP contribution in [0.15, 0.2) is 18.2 Å². The normalized spacial score (nSPS) is 25.3. The van der Waals surface area contributed by atoms with Gasteiger partial charge in [0.1, 0.15) is 11.0 Å². The molecule has 154 valence electrons. The first-order valence-corrected chi connectivity index (χ1v) is 10.6. The van der Waals surface area contributed by atoms with Crippen LogP contribution in [0.5, 0.6) is 0 Å². The maximum Gasteiger partial charge on any atom is 0.253 e. The van der Waals surface area contributed by atoms with E-state index < -0.39 is 0 Å². The maximum absolute atomic E-state index is 13.0. The lowest BCUT2D eigenvalue weighted by Gasteiger charge is -2.49. The lowest BCUT2D eigenvalue weighted by atomic mass is 9.72. The Balaban J connectivity index is 1.25. The molecule has 1 aromatic carbocycles. The van der Waals surface area contributed by atoms with E-state index in [-0.39, 0.29) is 11.3 Å². The highest BCUT2D eigenvalue weighted by atomic mass is 16.2. The van der Waals surface area contributed by atoms with Gasteiger partial charge in [0.05, 0.1) is 0 Å². The third kappa shape index (κ3) is 3.39. The summed E-state index contributed by atoms with van der Waals surface area (Å²) in [6.45, 7) is 4.42. The summed E-state index contributed by atoms with van der Waals surface area (Å²) in [6.07, 6.45) is 4.62. The van der Waals surface area contributed by atoms with Gasteiger partial charge in [-0.2, -0.15) is 15.4 Å². The van der Waals surface area contributed by atoms with Gasteiger partial charge in [-0.15, -0.1) is 0 Å². The van der Waals surface area contributed by atoms with Crippen molar-refractivity contribution < 1.29 is 9.59 Å². The Kier molecular flexibility index (Phi) is 4.53. The molecule has 1 atom stereocenters. The molecule has 8 heteroatoms. The Bertz CT molecular complexity index is 932. The minimum atomic E-state index is 0.0610. The highest BCUT2D eigenvalue weighted by Crippen LogP contribution is 2.41.